The van der Waals surface area contributed by atoms with Crippen molar-refractivity contribution in [2.24, 2.45) is 5.92 Å². The fraction of sp³-hybridized carbons (Fsp3) is 0.909. The van der Waals surface area contributed by atoms with Gasteiger partial charge in [0.25, 0.3) is 0 Å². The van der Waals surface area contributed by atoms with Gasteiger partial charge < -0.3 is 14.7 Å². The fourth-order valence-electron chi connectivity index (χ4n) is 1.78. The third kappa shape index (κ3) is 4.18. The summed E-state index contributed by atoms with van der Waals surface area (Å²) in [4.78, 5) is 12.9. The lowest BCUT2D eigenvalue weighted by molar-refractivity contribution is -0.135. The predicted octanol–water partition coefficient (Wildman–Crippen LogP) is 0.642. The highest BCUT2D eigenvalue weighted by Gasteiger charge is 2.22. The Morgan fingerprint density at radius 1 is 1.47 bits per heavy atom. The van der Waals surface area contributed by atoms with Crippen LogP contribution in [0.4, 0.5) is 0 Å². The van der Waals surface area contributed by atoms with Crippen LogP contribution in [0.15, 0.2) is 0 Å². The number of aliphatic hydroxyl groups is 1. The normalized spacial score (nSPS) is 18.5. The summed E-state index contributed by atoms with van der Waals surface area (Å²) < 4.78 is 5.55. The van der Waals surface area contributed by atoms with Crippen molar-refractivity contribution < 1.29 is 14.6 Å². The maximum Gasteiger partial charge on any atom is 0.248 e. The summed E-state index contributed by atoms with van der Waals surface area (Å²) in [6.07, 6.45) is 2.25. The van der Waals surface area contributed by atoms with Crippen molar-refractivity contribution in [1.82, 2.24) is 4.90 Å². The number of hydrogen-bond acceptors (Lipinski definition) is 3. The number of carbonyl (C=O) groups excluding carboxylic acids is 1. The van der Waals surface area contributed by atoms with Crippen molar-refractivity contribution >= 4 is 5.91 Å². The number of piperidine rings is 1. The molecule has 1 amide bonds. The number of nitrogens with zero attached hydrogens (tertiary/aromatic N) is 1. The summed E-state index contributed by atoms with van der Waals surface area (Å²) in [7, 11) is 0. The number of rotatable bonds is 4. The molecule has 88 valence electrons. The van der Waals surface area contributed by atoms with Gasteiger partial charge in [0.15, 0.2) is 0 Å². The summed E-state index contributed by atoms with van der Waals surface area (Å²) in [5.74, 6) is 0.411. The Labute approximate surface area is 91.2 Å². The lowest BCUT2D eigenvalue weighted by atomic mass is 9.98. The Hall–Kier alpha value is -0.610. The third-order valence-corrected chi connectivity index (χ3v) is 2.77. The van der Waals surface area contributed by atoms with Crippen LogP contribution in [0.25, 0.3) is 0 Å². The van der Waals surface area contributed by atoms with Gasteiger partial charge in [-0.15, -0.1) is 0 Å². The topological polar surface area (TPSA) is 49.8 Å². The van der Waals surface area contributed by atoms with Crippen LogP contribution in [0, 0.1) is 5.92 Å². The monoisotopic (exact) mass is 215 g/mol. The van der Waals surface area contributed by atoms with E-state index in [-0.39, 0.29) is 18.6 Å². The van der Waals surface area contributed by atoms with E-state index in [1.165, 1.54) is 0 Å². The molecular formula is C11H21NO3. The van der Waals surface area contributed by atoms with E-state index in [4.69, 9.17) is 9.84 Å². The molecule has 0 aromatic heterocycles. The predicted molar refractivity (Wildman–Crippen MR) is 57.5 cm³/mol. The Kier molecular flexibility index (Phi) is 5.05. The van der Waals surface area contributed by atoms with Crippen LogP contribution < -0.4 is 0 Å². The maximum atomic E-state index is 11.2. The van der Waals surface area contributed by atoms with Gasteiger partial charge in [0.1, 0.15) is 6.61 Å². The smallest absolute Gasteiger partial charge is 0.248 e. The van der Waals surface area contributed by atoms with Crippen molar-refractivity contribution in [3.8, 4) is 0 Å². The first-order valence-electron chi connectivity index (χ1n) is 5.63. The molecule has 0 spiro atoms. The van der Waals surface area contributed by atoms with E-state index in [1.54, 1.807) is 4.90 Å². The van der Waals surface area contributed by atoms with Crippen LogP contribution >= 0.6 is 0 Å². The minimum absolute atomic E-state index is 0.154. The minimum Gasteiger partial charge on any atom is -0.387 e. The molecule has 4 heteroatoms. The summed E-state index contributed by atoms with van der Waals surface area (Å²) in [5.41, 5.74) is 0. The van der Waals surface area contributed by atoms with Crippen LogP contribution in [0.3, 0.4) is 0 Å². The second-order valence-electron chi connectivity index (χ2n) is 4.36. The zero-order chi connectivity index (χ0) is 11.3. The molecule has 1 fully saturated rings. The van der Waals surface area contributed by atoms with E-state index in [0.29, 0.717) is 5.92 Å². The molecular weight excluding hydrogens is 194 g/mol. The van der Waals surface area contributed by atoms with Crippen molar-refractivity contribution in [3.05, 3.63) is 0 Å². The van der Waals surface area contributed by atoms with Crippen molar-refractivity contribution in [2.45, 2.75) is 32.8 Å². The summed E-state index contributed by atoms with van der Waals surface area (Å²) in [6, 6.07) is 0. The van der Waals surface area contributed by atoms with Crippen LogP contribution in [-0.2, 0) is 9.53 Å². The molecule has 0 radical (unpaired) electrons. The second-order valence-corrected chi connectivity index (χ2v) is 4.36. The standard InChI is InChI=1S/C11H21NO3/c1-9(2)15-8-10-3-5-12(6-4-10)11(14)7-13/h9-10,13H,3-8H2,1-2H3. The van der Waals surface area contributed by atoms with Crippen LogP contribution in [0.2, 0.25) is 0 Å². The summed E-state index contributed by atoms with van der Waals surface area (Å²) >= 11 is 0. The minimum atomic E-state index is -0.368. The van der Waals surface area contributed by atoms with Crippen molar-refractivity contribution in [1.29, 1.82) is 0 Å². The van der Waals surface area contributed by atoms with Gasteiger partial charge >= 0.3 is 0 Å². The van der Waals surface area contributed by atoms with Crippen LogP contribution in [-0.4, -0.2) is 48.3 Å². The summed E-state index contributed by atoms with van der Waals surface area (Å²) in [5, 5.41) is 8.71. The molecule has 1 rings (SSSR count). The molecule has 4 nitrogen and oxygen atoms in total. The van der Waals surface area contributed by atoms with Gasteiger partial charge in [-0.1, -0.05) is 0 Å². The molecule has 1 saturated heterocycles. The molecule has 0 bridgehead atoms. The van der Waals surface area contributed by atoms with Gasteiger partial charge in [-0.2, -0.15) is 0 Å². The van der Waals surface area contributed by atoms with Gasteiger partial charge in [0.2, 0.25) is 5.91 Å². The largest absolute Gasteiger partial charge is 0.387 e. The average Bonchev–Trinajstić information content (AvgIpc) is 2.26. The quantitative estimate of drug-likeness (QED) is 0.749. The number of likely N-dealkylation sites (tertiary alicyclic amines) is 1. The highest BCUT2D eigenvalue weighted by molar-refractivity contribution is 5.77. The number of ether oxygens (including phenoxy) is 1. The van der Waals surface area contributed by atoms with Crippen molar-refractivity contribution in [3.63, 3.8) is 0 Å². The summed E-state index contributed by atoms with van der Waals surface area (Å²) in [6.45, 7) is 6.00. The molecule has 0 unspecified atom stereocenters. The highest BCUT2D eigenvalue weighted by Crippen LogP contribution is 2.17. The van der Waals surface area contributed by atoms with E-state index in [1.807, 2.05) is 13.8 Å². The molecule has 0 aromatic rings. The molecule has 1 aliphatic rings. The molecule has 15 heavy (non-hydrogen) atoms. The maximum absolute atomic E-state index is 11.2. The SMILES string of the molecule is CC(C)OCC1CCN(C(=O)CO)CC1. The zero-order valence-corrected chi connectivity index (χ0v) is 9.61. The molecule has 1 N–H and O–H groups in total. The lowest BCUT2D eigenvalue weighted by Gasteiger charge is -2.31. The van der Waals surface area contributed by atoms with Gasteiger partial charge in [-0.25, -0.2) is 0 Å². The van der Waals surface area contributed by atoms with Gasteiger partial charge in [-0.3, -0.25) is 4.79 Å². The molecule has 1 heterocycles. The van der Waals surface area contributed by atoms with E-state index in [9.17, 15) is 4.79 Å². The Morgan fingerprint density at radius 3 is 2.53 bits per heavy atom. The molecule has 0 aromatic carbocycles. The molecule has 0 atom stereocenters. The number of hydrogen-bond donors (Lipinski definition) is 1. The fourth-order valence-corrected chi connectivity index (χ4v) is 1.78. The van der Waals surface area contributed by atoms with Crippen LogP contribution in [0.5, 0.6) is 0 Å². The lowest BCUT2D eigenvalue weighted by Crippen LogP contribution is -2.40. The average molecular weight is 215 g/mol. The Morgan fingerprint density at radius 2 is 2.07 bits per heavy atom. The first kappa shape index (κ1) is 12.5. The van der Waals surface area contributed by atoms with E-state index >= 15 is 0 Å². The van der Waals surface area contributed by atoms with Gasteiger partial charge in [0, 0.05) is 19.7 Å². The first-order valence-corrected chi connectivity index (χ1v) is 5.63. The van der Waals surface area contributed by atoms with E-state index in [2.05, 4.69) is 0 Å². The van der Waals surface area contributed by atoms with Gasteiger partial charge in [0.05, 0.1) is 6.10 Å². The van der Waals surface area contributed by atoms with E-state index in [0.717, 1.165) is 32.5 Å². The van der Waals surface area contributed by atoms with Crippen LogP contribution in [0.1, 0.15) is 26.7 Å². The second kappa shape index (κ2) is 6.08. The number of carbonyl (C=O) groups is 1. The zero-order valence-electron chi connectivity index (χ0n) is 9.61. The molecule has 1 aliphatic heterocycles. The first-order chi connectivity index (χ1) is 7.13. The Bertz CT molecular complexity index is 198. The van der Waals surface area contributed by atoms with E-state index < -0.39 is 0 Å². The van der Waals surface area contributed by atoms with Gasteiger partial charge in [-0.05, 0) is 32.6 Å². The van der Waals surface area contributed by atoms with Crippen molar-refractivity contribution in [2.75, 3.05) is 26.3 Å². The third-order valence-electron chi connectivity index (χ3n) is 2.77. The number of aliphatic hydroxyl groups excluding tert-OH is 1. The highest BCUT2D eigenvalue weighted by atomic mass is 16.5. The number of amides is 1. The Balaban J connectivity index is 2.21. The molecule has 0 aliphatic carbocycles. The molecule has 0 saturated carbocycles.